The molecular weight excluding hydrogens is 325 g/mol. The van der Waals surface area contributed by atoms with Crippen LogP contribution >= 0.6 is 0 Å². The van der Waals surface area contributed by atoms with E-state index in [-0.39, 0.29) is 12.8 Å². The first-order valence-corrected chi connectivity index (χ1v) is 7.55. The number of alkyl halides is 3. The molecule has 1 aromatic rings. The van der Waals surface area contributed by atoms with E-state index in [2.05, 4.69) is 10.6 Å². The van der Waals surface area contributed by atoms with Crippen LogP contribution in [0.5, 0.6) is 0 Å². The number of rotatable bonds is 8. The van der Waals surface area contributed by atoms with Crippen LogP contribution in [0.2, 0.25) is 0 Å². The molecule has 0 saturated heterocycles. The molecule has 0 heterocycles. The Balaban J connectivity index is 2.56. The fourth-order valence-corrected chi connectivity index (χ4v) is 2.02. The van der Waals surface area contributed by atoms with E-state index in [9.17, 15) is 22.8 Å². The molecule has 0 fully saturated rings. The van der Waals surface area contributed by atoms with E-state index < -0.39 is 36.7 Å². The summed E-state index contributed by atoms with van der Waals surface area (Å²) >= 11 is 0. The third kappa shape index (κ3) is 7.85. The summed E-state index contributed by atoms with van der Waals surface area (Å²) in [6.45, 7) is 0.443. The maximum absolute atomic E-state index is 12.4. The summed E-state index contributed by atoms with van der Waals surface area (Å²) in [5, 5.41) is 13.5. The van der Waals surface area contributed by atoms with Gasteiger partial charge in [-0.1, -0.05) is 37.3 Å². The van der Waals surface area contributed by atoms with Crippen molar-refractivity contribution >= 4 is 12.0 Å². The third-order valence-electron chi connectivity index (χ3n) is 3.49. The number of carboxylic acid groups (broad SMARTS) is 1. The Morgan fingerprint density at radius 1 is 1.21 bits per heavy atom. The largest absolute Gasteiger partial charge is 0.481 e. The Morgan fingerprint density at radius 2 is 1.83 bits per heavy atom. The Labute approximate surface area is 138 Å². The molecule has 0 saturated carbocycles. The predicted molar refractivity (Wildman–Crippen MR) is 82.6 cm³/mol. The van der Waals surface area contributed by atoms with Gasteiger partial charge < -0.3 is 15.7 Å². The molecule has 0 bridgehead atoms. The lowest BCUT2D eigenvalue weighted by Gasteiger charge is -2.20. The van der Waals surface area contributed by atoms with Crippen molar-refractivity contribution in [3.05, 3.63) is 35.9 Å². The molecule has 2 amide bonds. The van der Waals surface area contributed by atoms with Gasteiger partial charge in [-0.2, -0.15) is 13.2 Å². The van der Waals surface area contributed by atoms with Crippen LogP contribution in [0, 0.1) is 5.92 Å². The molecule has 1 aromatic carbocycles. The number of hydrogen-bond acceptors (Lipinski definition) is 2. The summed E-state index contributed by atoms with van der Waals surface area (Å²) in [6.07, 6.45) is -3.93. The second-order valence-electron chi connectivity index (χ2n) is 5.62. The van der Waals surface area contributed by atoms with Crippen LogP contribution in [0.15, 0.2) is 30.3 Å². The highest BCUT2D eigenvalue weighted by atomic mass is 19.4. The second-order valence-corrected chi connectivity index (χ2v) is 5.62. The first kappa shape index (κ1) is 19.8. The SMILES string of the molecule is CC(CNC(=O)NC(CCC(=O)O)Cc1ccccc1)C(F)(F)F. The van der Waals surface area contributed by atoms with Crippen molar-refractivity contribution in [2.24, 2.45) is 5.92 Å². The molecule has 0 aromatic heterocycles. The average molecular weight is 346 g/mol. The summed E-state index contributed by atoms with van der Waals surface area (Å²) in [5.41, 5.74) is 0.900. The van der Waals surface area contributed by atoms with Gasteiger partial charge in [-0.3, -0.25) is 4.79 Å². The number of carboxylic acids is 1. The second kappa shape index (κ2) is 9.14. The number of halogens is 3. The topological polar surface area (TPSA) is 78.4 Å². The van der Waals surface area contributed by atoms with Crippen molar-refractivity contribution in [3.63, 3.8) is 0 Å². The fourth-order valence-electron chi connectivity index (χ4n) is 2.02. The highest BCUT2D eigenvalue weighted by molar-refractivity contribution is 5.74. The number of benzene rings is 1. The Kier molecular flexibility index (Phi) is 7.54. The first-order chi connectivity index (χ1) is 11.2. The number of amides is 2. The standard InChI is InChI=1S/C16H21F3N2O3/c1-11(16(17,18)19)10-20-15(24)21-13(7-8-14(22)23)9-12-5-3-2-4-6-12/h2-6,11,13H,7-10H2,1H3,(H,22,23)(H2,20,21,24). The number of carbonyl (C=O) groups excluding carboxylic acids is 1. The van der Waals surface area contributed by atoms with Crippen LogP contribution in [-0.4, -0.2) is 35.9 Å². The van der Waals surface area contributed by atoms with Gasteiger partial charge in [0.1, 0.15) is 0 Å². The zero-order valence-corrected chi connectivity index (χ0v) is 13.3. The number of aliphatic carboxylic acids is 1. The van der Waals surface area contributed by atoms with Gasteiger partial charge in [-0.05, 0) is 18.4 Å². The van der Waals surface area contributed by atoms with E-state index in [4.69, 9.17) is 5.11 Å². The molecule has 2 unspecified atom stereocenters. The smallest absolute Gasteiger partial charge is 0.393 e. The highest BCUT2D eigenvalue weighted by Gasteiger charge is 2.35. The summed E-state index contributed by atoms with van der Waals surface area (Å²) < 4.78 is 37.3. The van der Waals surface area contributed by atoms with Gasteiger partial charge in [0.2, 0.25) is 0 Å². The van der Waals surface area contributed by atoms with Crippen LogP contribution in [-0.2, 0) is 11.2 Å². The van der Waals surface area contributed by atoms with Crippen molar-refractivity contribution in [3.8, 4) is 0 Å². The minimum Gasteiger partial charge on any atom is -0.481 e. The highest BCUT2D eigenvalue weighted by Crippen LogP contribution is 2.24. The van der Waals surface area contributed by atoms with Gasteiger partial charge in [0.15, 0.2) is 0 Å². The van der Waals surface area contributed by atoms with Gasteiger partial charge in [-0.15, -0.1) is 0 Å². The molecule has 24 heavy (non-hydrogen) atoms. The number of carbonyl (C=O) groups is 2. The van der Waals surface area contributed by atoms with Crippen LogP contribution in [0.1, 0.15) is 25.3 Å². The van der Waals surface area contributed by atoms with Crippen molar-refractivity contribution < 1.29 is 27.9 Å². The maximum Gasteiger partial charge on any atom is 0.393 e. The van der Waals surface area contributed by atoms with Crippen molar-refractivity contribution in [2.75, 3.05) is 6.54 Å². The monoisotopic (exact) mass is 346 g/mol. The van der Waals surface area contributed by atoms with Crippen molar-refractivity contribution in [1.82, 2.24) is 10.6 Å². The van der Waals surface area contributed by atoms with Gasteiger partial charge in [0.25, 0.3) is 0 Å². The molecule has 1 rings (SSSR count). The molecule has 0 aliphatic rings. The van der Waals surface area contributed by atoms with Gasteiger partial charge in [0.05, 0.1) is 5.92 Å². The van der Waals surface area contributed by atoms with Crippen LogP contribution < -0.4 is 10.6 Å². The fraction of sp³-hybridized carbons (Fsp3) is 0.500. The molecule has 8 heteroatoms. The van der Waals surface area contributed by atoms with Crippen LogP contribution in [0.3, 0.4) is 0 Å². The molecule has 3 N–H and O–H groups in total. The van der Waals surface area contributed by atoms with Crippen LogP contribution in [0.4, 0.5) is 18.0 Å². The van der Waals surface area contributed by atoms with Gasteiger partial charge >= 0.3 is 18.2 Å². The Hall–Kier alpha value is -2.25. The average Bonchev–Trinajstić information content (AvgIpc) is 2.50. The normalized spacial score (nSPS) is 13.8. The van der Waals surface area contributed by atoms with Crippen molar-refractivity contribution in [2.45, 2.75) is 38.4 Å². The molecular formula is C16H21F3N2O3. The Bertz CT molecular complexity index is 535. The summed E-state index contributed by atoms with van der Waals surface area (Å²) in [6, 6.07) is 7.90. The molecule has 2 atom stereocenters. The number of hydrogen-bond donors (Lipinski definition) is 3. The third-order valence-corrected chi connectivity index (χ3v) is 3.49. The molecule has 0 aliphatic heterocycles. The van der Waals surface area contributed by atoms with E-state index in [0.29, 0.717) is 6.42 Å². The minimum atomic E-state index is -4.37. The van der Waals surface area contributed by atoms with Crippen molar-refractivity contribution in [1.29, 1.82) is 0 Å². The molecule has 0 radical (unpaired) electrons. The Morgan fingerprint density at radius 3 is 2.38 bits per heavy atom. The van der Waals surface area contributed by atoms with Crippen LogP contribution in [0.25, 0.3) is 0 Å². The zero-order chi connectivity index (χ0) is 18.2. The zero-order valence-electron chi connectivity index (χ0n) is 13.3. The van der Waals surface area contributed by atoms with Gasteiger partial charge in [-0.25, -0.2) is 4.79 Å². The summed E-state index contributed by atoms with van der Waals surface area (Å²) in [4.78, 5) is 22.5. The van der Waals surface area contributed by atoms with E-state index in [1.165, 1.54) is 0 Å². The minimum absolute atomic E-state index is 0.142. The number of urea groups is 1. The summed E-state index contributed by atoms with van der Waals surface area (Å²) in [7, 11) is 0. The lowest BCUT2D eigenvalue weighted by molar-refractivity contribution is -0.167. The number of nitrogens with one attached hydrogen (secondary N) is 2. The first-order valence-electron chi connectivity index (χ1n) is 7.55. The van der Waals surface area contributed by atoms with E-state index in [1.807, 2.05) is 30.3 Å². The van der Waals surface area contributed by atoms with E-state index in [1.54, 1.807) is 0 Å². The van der Waals surface area contributed by atoms with Gasteiger partial charge in [0, 0.05) is 19.0 Å². The quantitative estimate of drug-likeness (QED) is 0.677. The summed E-state index contributed by atoms with van der Waals surface area (Å²) in [5.74, 6) is -2.66. The predicted octanol–water partition coefficient (Wildman–Crippen LogP) is 2.96. The molecule has 5 nitrogen and oxygen atoms in total. The molecule has 0 spiro atoms. The molecule has 134 valence electrons. The lowest BCUT2D eigenvalue weighted by atomic mass is 10.0. The molecule has 0 aliphatic carbocycles. The maximum atomic E-state index is 12.4. The lowest BCUT2D eigenvalue weighted by Crippen LogP contribution is -2.45. The van der Waals surface area contributed by atoms with E-state index in [0.717, 1.165) is 12.5 Å². The van der Waals surface area contributed by atoms with E-state index >= 15 is 0 Å².